The van der Waals surface area contributed by atoms with Gasteiger partial charge in [-0.3, -0.25) is 0 Å². The van der Waals surface area contributed by atoms with Crippen LogP contribution in [0.15, 0.2) is 49.0 Å². The normalized spacial score (nSPS) is 10.5. The van der Waals surface area contributed by atoms with Gasteiger partial charge >= 0.3 is 0 Å². The van der Waals surface area contributed by atoms with Crippen LogP contribution in [0.5, 0.6) is 0 Å². The first-order chi connectivity index (χ1) is 10.6. The lowest BCUT2D eigenvalue weighted by atomic mass is 9.98. The van der Waals surface area contributed by atoms with Crippen molar-refractivity contribution in [1.82, 2.24) is 5.32 Å². The third-order valence-electron chi connectivity index (χ3n) is 4.01. The minimum atomic E-state index is 0.923. The Hall–Kier alpha value is -2.02. The molecule has 0 unspecified atom stereocenters. The molecule has 0 aliphatic carbocycles. The molecule has 2 aromatic carbocycles. The molecule has 0 aliphatic rings. The van der Waals surface area contributed by atoms with Crippen molar-refractivity contribution in [3.63, 3.8) is 0 Å². The van der Waals surface area contributed by atoms with E-state index in [1.807, 2.05) is 0 Å². The Bertz CT molecular complexity index is 623. The van der Waals surface area contributed by atoms with Crippen molar-refractivity contribution >= 4 is 5.70 Å². The van der Waals surface area contributed by atoms with Crippen LogP contribution in [-0.2, 0) is 12.8 Å². The molecule has 0 aliphatic heterocycles. The summed E-state index contributed by atoms with van der Waals surface area (Å²) in [7, 11) is 0. The maximum absolute atomic E-state index is 4.15. The maximum atomic E-state index is 4.15. The molecule has 0 atom stereocenters. The van der Waals surface area contributed by atoms with E-state index < -0.39 is 0 Å². The van der Waals surface area contributed by atoms with E-state index in [0.29, 0.717) is 0 Å². The molecule has 0 fully saturated rings. The fourth-order valence-electron chi connectivity index (χ4n) is 2.71. The third-order valence-corrected chi connectivity index (χ3v) is 4.01. The predicted molar refractivity (Wildman–Crippen MR) is 97.1 cm³/mol. The highest BCUT2D eigenvalue weighted by molar-refractivity contribution is 5.61. The van der Waals surface area contributed by atoms with Crippen LogP contribution in [0.1, 0.15) is 41.2 Å². The highest BCUT2D eigenvalue weighted by atomic mass is 14.9. The average molecular weight is 293 g/mol. The minimum Gasteiger partial charge on any atom is -0.385 e. The van der Waals surface area contributed by atoms with Crippen molar-refractivity contribution in [1.29, 1.82) is 0 Å². The molecule has 2 aromatic rings. The van der Waals surface area contributed by atoms with Crippen LogP contribution in [0, 0.1) is 13.8 Å². The summed E-state index contributed by atoms with van der Waals surface area (Å²) in [5.74, 6) is 0. The van der Waals surface area contributed by atoms with E-state index in [1.54, 1.807) is 0 Å². The monoisotopic (exact) mass is 293 g/mol. The average Bonchev–Trinajstić information content (AvgIpc) is 2.50. The van der Waals surface area contributed by atoms with Crippen LogP contribution < -0.4 is 5.32 Å². The standard InChI is InChI=1S/C21H27N/c1-5-6-21-15-17(3)9-12-20(21)13-14-22-18(4)19-10-7-16(2)8-11-19/h7-12,15,22H,4-6,13-14H2,1-3H3. The number of hydrogen-bond acceptors (Lipinski definition) is 1. The van der Waals surface area contributed by atoms with E-state index in [-0.39, 0.29) is 0 Å². The minimum absolute atomic E-state index is 0.923. The Balaban J connectivity index is 1.93. The molecular formula is C21H27N. The van der Waals surface area contributed by atoms with Gasteiger partial charge in [-0.15, -0.1) is 0 Å². The highest BCUT2D eigenvalue weighted by Gasteiger charge is 2.03. The van der Waals surface area contributed by atoms with E-state index in [4.69, 9.17) is 0 Å². The smallest absolute Gasteiger partial charge is 0.0340 e. The Morgan fingerprint density at radius 1 is 0.909 bits per heavy atom. The van der Waals surface area contributed by atoms with Gasteiger partial charge in [-0.05, 0) is 43.4 Å². The van der Waals surface area contributed by atoms with Gasteiger partial charge in [0.25, 0.3) is 0 Å². The van der Waals surface area contributed by atoms with E-state index in [1.165, 1.54) is 34.2 Å². The van der Waals surface area contributed by atoms with Gasteiger partial charge in [0.15, 0.2) is 0 Å². The summed E-state index contributed by atoms with van der Waals surface area (Å²) in [6.45, 7) is 11.6. The van der Waals surface area contributed by atoms with Gasteiger partial charge in [-0.1, -0.05) is 73.5 Å². The fraction of sp³-hybridized carbons (Fsp3) is 0.333. The summed E-state index contributed by atoms with van der Waals surface area (Å²) >= 11 is 0. The van der Waals surface area contributed by atoms with E-state index in [9.17, 15) is 0 Å². The molecule has 0 heterocycles. The zero-order valence-corrected chi connectivity index (χ0v) is 14.1. The number of rotatable bonds is 7. The summed E-state index contributed by atoms with van der Waals surface area (Å²) in [5, 5.41) is 3.46. The molecule has 0 bridgehead atoms. The molecule has 116 valence electrons. The molecule has 1 heteroatoms. The van der Waals surface area contributed by atoms with Crippen molar-refractivity contribution in [2.45, 2.75) is 40.0 Å². The second-order valence-electron chi connectivity index (χ2n) is 6.04. The first-order valence-corrected chi connectivity index (χ1v) is 8.18. The van der Waals surface area contributed by atoms with Gasteiger partial charge in [0.05, 0.1) is 0 Å². The molecule has 0 spiro atoms. The molecule has 2 rings (SSSR count). The lowest BCUT2D eigenvalue weighted by Crippen LogP contribution is -2.15. The van der Waals surface area contributed by atoms with Crippen molar-refractivity contribution in [2.75, 3.05) is 6.54 Å². The summed E-state index contributed by atoms with van der Waals surface area (Å²) in [4.78, 5) is 0. The second kappa shape index (κ2) is 7.84. The van der Waals surface area contributed by atoms with Crippen molar-refractivity contribution < 1.29 is 0 Å². The van der Waals surface area contributed by atoms with Crippen molar-refractivity contribution in [2.24, 2.45) is 0 Å². The van der Waals surface area contributed by atoms with Gasteiger partial charge in [-0.2, -0.15) is 0 Å². The summed E-state index contributed by atoms with van der Waals surface area (Å²) in [5.41, 5.74) is 7.75. The fourth-order valence-corrected chi connectivity index (χ4v) is 2.71. The van der Waals surface area contributed by atoms with Crippen LogP contribution in [0.3, 0.4) is 0 Å². The Kier molecular flexibility index (Phi) is 5.83. The van der Waals surface area contributed by atoms with Gasteiger partial charge in [-0.25, -0.2) is 0 Å². The highest BCUT2D eigenvalue weighted by Crippen LogP contribution is 2.15. The van der Waals surface area contributed by atoms with Gasteiger partial charge in [0.1, 0.15) is 0 Å². The third kappa shape index (κ3) is 4.49. The number of hydrogen-bond donors (Lipinski definition) is 1. The van der Waals surface area contributed by atoms with E-state index in [0.717, 1.165) is 25.1 Å². The molecule has 22 heavy (non-hydrogen) atoms. The van der Waals surface area contributed by atoms with E-state index in [2.05, 4.69) is 75.1 Å². The van der Waals surface area contributed by atoms with Crippen molar-refractivity contribution in [3.8, 4) is 0 Å². The SMILES string of the molecule is C=C(NCCc1ccc(C)cc1CCC)c1ccc(C)cc1. The summed E-state index contributed by atoms with van der Waals surface area (Å²) in [6, 6.07) is 15.3. The number of nitrogens with one attached hydrogen (secondary N) is 1. The molecule has 0 radical (unpaired) electrons. The molecule has 0 amide bonds. The van der Waals surface area contributed by atoms with Crippen LogP contribution >= 0.6 is 0 Å². The van der Waals surface area contributed by atoms with Gasteiger partial charge in [0, 0.05) is 12.2 Å². The largest absolute Gasteiger partial charge is 0.385 e. The topological polar surface area (TPSA) is 12.0 Å². The summed E-state index contributed by atoms with van der Waals surface area (Å²) < 4.78 is 0. The molecular weight excluding hydrogens is 266 g/mol. The quantitative estimate of drug-likeness (QED) is 0.752. The number of aryl methyl sites for hydroxylation is 3. The Labute approximate surface area is 135 Å². The first kappa shape index (κ1) is 16.4. The van der Waals surface area contributed by atoms with Crippen LogP contribution in [0.4, 0.5) is 0 Å². The van der Waals surface area contributed by atoms with Gasteiger partial charge < -0.3 is 5.32 Å². The van der Waals surface area contributed by atoms with Crippen LogP contribution in [0.25, 0.3) is 5.70 Å². The Morgan fingerprint density at radius 3 is 2.27 bits per heavy atom. The molecule has 0 saturated carbocycles. The second-order valence-corrected chi connectivity index (χ2v) is 6.04. The van der Waals surface area contributed by atoms with Crippen molar-refractivity contribution in [3.05, 3.63) is 76.9 Å². The van der Waals surface area contributed by atoms with Gasteiger partial charge in [0.2, 0.25) is 0 Å². The zero-order valence-electron chi connectivity index (χ0n) is 14.1. The predicted octanol–water partition coefficient (Wildman–Crippen LogP) is 5.06. The zero-order chi connectivity index (χ0) is 15.9. The summed E-state index contributed by atoms with van der Waals surface area (Å²) in [6.07, 6.45) is 3.40. The molecule has 0 saturated heterocycles. The number of benzene rings is 2. The van der Waals surface area contributed by atoms with E-state index >= 15 is 0 Å². The molecule has 1 nitrogen and oxygen atoms in total. The maximum Gasteiger partial charge on any atom is 0.0340 e. The lowest BCUT2D eigenvalue weighted by Gasteiger charge is -2.13. The molecule has 1 N–H and O–H groups in total. The first-order valence-electron chi connectivity index (χ1n) is 8.18. The lowest BCUT2D eigenvalue weighted by molar-refractivity contribution is 0.824. The van der Waals surface area contributed by atoms with Crippen LogP contribution in [0.2, 0.25) is 0 Å². The van der Waals surface area contributed by atoms with Crippen LogP contribution in [-0.4, -0.2) is 6.54 Å². The molecule has 0 aromatic heterocycles. The Morgan fingerprint density at radius 2 is 1.59 bits per heavy atom.